The quantitative estimate of drug-likeness (QED) is 0.0243. The second-order valence-electron chi connectivity index (χ2n) is 21.3. The maximum Gasteiger partial charge on any atom is -1.00 e. The molecule has 0 nitrogen and oxygen atoms in total. The van der Waals surface area contributed by atoms with Crippen LogP contribution >= 0.6 is 0 Å². The van der Waals surface area contributed by atoms with Crippen molar-refractivity contribution in [2.24, 2.45) is 0 Å². The average molecular weight is 1070 g/mol. The van der Waals surface area contributed by atoms with Gasteiger partial charge in [0, 0.05) is 0 Å². The molecule has 390 valence electrons. The molecule has 0 saturated carbocycles. The smallest absolute Gasteiger partial charge is 1.00 e. The third kappa shape index (κ3) is 20.7. The first kappa shape index (κ1) is 65.3. The minimum absolute atomic E-state index is 0. The molecule has 1 aliphatic carbocycles. The zero-order chi connectivity index (χ0) is 48.3. The summed E-state index contributed by atoms with van der Waals surface area (Å²) in [5, 5.41) is 5.00. The number of hydrogen-bond donors (Lipinski definition) is 0. The number of allylic oxidation sites excluding steroid dienone is 4. The van der Waals surface area contributed by atoms with Gasteiger partial charge >= 0.3 is 436 Å². The Kier molecular flexibility index (Phi) is 34.0. The fraction of sp³-hybridized carbons (Fsp3) is 0.576. The number of benzene rings is 4. The molecule has 0 saturated heterocycles. The summed E-state index contributed by atoms with van der Waals surface area (Å²) in [4.78, 5) is 0. The number of aryl methyl sites for hydroxylation is 6. The van der Waals surface area contributed by atoms with Crippen LogP contribution in [-0.4, -0.2) is 8.07 Å². The Hall–Kier alpha value is -1.84. The zero-order valence-corrected chi connectivity index (χ0v) is 50.7. The fourth-order valence-corrected chi connectivity index (χ4v) is 19.4. The standard InChI is InChI=1S/C66H97Si.3ClH.Ti/c1-7-13-19-26-36-56-45-57(37-27-20-14-8-2)50-64(49-56)67(63-43-42-62(48-63)44-55-34-32-25-33-35-55,65-51-58(38-28-21-15-9-3)46-59(52-65)39-29-22-16-10-4)66-53-60(40-30-23-17-11-5)47-61(54-66)41-31-24-18-12-6;;;;/h25,32-35,42-43,45-54H,7-24,26-31,36-41,44H2,1-6H3;3*1H;/q;;;;+3/p-3. The van der Waals surface area contributed by atoms with E-state index in [-0.39, 0.29) is 40.6 Å². The SMILES string of the molecule is CCCCCCc1cc(CCCCCC)cc([Si](c2cc(CCCCCC)cc(CCCCCC)c2)(c2cc(CCCCCC)cc(CCCCCC)c2)[C]2([Ti+3])C=CC(Cc3ccccc3)=C2)c1.[Cl-].[Cl-].[Cl-]. The van der Waals surface area contributed by atoms with Gasteiger partial charge in [0.2, 0.25) is 0 Å². The molecular formula is C66H97Cl3SiTi. The summed E-state index contributed by atoms with van der Waals surface area (Å²) in [5.41, 5.74) is 12.4. The molecule has 1 aliphatic rings. The number of unbranched alkanes of at least 4 members (excludes halogenated alkanes) is 18. The van der Waals surface area contributed by atoms with Gasteiger partial charge in [-0.3, -0.25) is 0 Å². The Morgan fingerprint density at radius 3 is 0.901 bits per heavy atom. The molecule has 0 radical (unpaired) electrons. The van der Waals surface area contributed by atoms with Gasteiger partial charge in [-0.15, -0.1) is 0 Å². The van der Waals surface area contributed by atoms with Crippen LogP contribution in [0.2, 0.25) is 3.34 Å². The Morgan fingerprint density at radius 1 is 0.352 bits per heavy atom. The van der Waals surface area contributed by atoms with E-state index in [0.29, 0.717) is 0 Å². The molecule has 0 bridgehead atoms. The summed E-state index contributed by atoms with van der Waals surface area (Å²) in [6.07, 6.45) is 47.5. The van der Waals surface area contributed by atoms with Crippen molar-refractivity contribution in [1.82, 2.24) is 0 Å². The first-order valence-electron chi connectivity index (χ1n) is 28.9. The Bertz CT molecular complexity index is 1830. The molecule has 4 aromatic carbocycles. The van der Waals surface area contributed by atoms with E-state index in [1.807, 2.05) is 0 Å². The molecule has 0 amide bonds. The van der Waals surface area contributed by atoms with Gasteiger partial charge in [0.1, 0.15) is 0 Å². The van der Waals surface area contributed by atoms with E-state index in [9.17, 15) is 0 Å². The molecule has 0 spiro atoms. The molecule has 0 fully saturated rings. The molecule has 71 heavy (non-hydrogen) atoms. The number of halogens is 3. The molecule has 1 unspecified atom stereocenters. The maximum atomic E-state index is 2.81. The topological polar surface area (TPSA) is 0 Å². The van der Waals surface area contributed by atoms with Crippen LogP contribution in [-0.2, 0) is 65.4 Å². The van der Waals surface area contributed by atoms with E-state index < -0.39 is 8.07 Å². The van der Waals surface area contributed by atoms with Crippen LogP contribution in [0.15, 0.2) is 109 Å². The van der Waals surface area contributed by atoms with E-state index in [4.69, 9.17) is 0 Å². The Labute approximate surface area is 469 Å². The summed E-state index contributed by atoms with van der Waals surface area (Å²) >= 11 is 2.70. The first-order chi connectivity index (χ1) is 33.3. The van der Waals surface area contributed by atoms with E-state index in [1.165, 1.54) is 204 Å². The van der Waals surface area contributed by atoms with Crippen molar-refractivity contribution in [2.45, 2.75) is 244 Å². The van der Waals surface area contributed by atoms with E-state index in [2.05, 4.69) is 165 Å². The third-order valence-corrected chi connectivity index (χ3v) is 22.5. The largest absolute Gasteiger partial charge is 1.00 e. The monoisotopic (exact) mass is 1070 g/mol. The van der Waals surface area contributed by atoms with Crippen molar-refractivity contribution in [3.63, 3.8) is 0 Å². The van der Waals surface area contributed by atoms with Gasteiger partial charge in [-0.05, 0) is 0 Å². The predicted molar refractivity (Wildman–Crippen MR) is 301 cm³/mol. The van der Waals surface area contributed by atoms with Crippen molar-refractivity contribution in [1.29, 1.82) is 0 Å². The van der Waals surface area contributed by atoms with Gasteiger partial charge in [-0.2, -0.15) is 0 Å². The summed E-state index contributed by atoms with van der Waals surface area (Å²) in [6.45, 7) is 14.1. The molecule has 5 heteroatoms. The molecule has 0 aromatic heterocycles. The summed E-state index contributed by atoms with van der Waals surface area (Å²) < 4.78 is -0.169. The van der Waals surface area contributed by atoms with E-state index in [0.717, 1.165) is 6.42 Å². The maximum absolute atomic E-state index is 2.95. The van der Waals surface area contributed by atoms with Crippen molar-refractivity contribution < 1.29 is 57.7 Å². The molecule has 0 aliphatic heterocycles. The molecule has 4 aromatic rings. The van der Waals surface area contributed by atoms with Crippen molar-refractivity contribution in [3.8, 4) is 0 Å². The zero-order valence-electron chi connectivity index (χ0n) is 45.9. The minimum atomic E-state index is -2.95. The van der Waals surface area contributed by atoms with Gasteiger partial charge < -0.3 is 37.2 Å². The van der Waals surface area contributed by atoms with Gasteiger partial charge in [0.15, 0.2) is 0 Å². The van der Waals surface area contributed by atoms with Crippen LogP contribution in [0, 0.1) is 0 Å². The Balaban J connectivity index is 0.00000576. The summed E-state index contributed by atoms with van der Waals surface area (Å²) in [7, 11) is -2.95. The summed E-state index contributed by atoms with van der Waals surface area (Å²) in [6, 6.07) is 36.1. The second kappa shape index (κ2) is 37.0. The van der Waals surface area contributed by atoms with Crippen molar-refractivity contribution in [2.75, 3.05) is 0 Å². The van der Waals surface area contributed by atoms with Crippen LogP contribution in [0.3, 0.4) is 0 Å². The molecule has 1 atom stereocenters. The van der Waals surface area contributed by atoms with Crippen molar-refractivity contribution in [3.05, 3.63) is 148 Å². The van der Waals surface area contributed by atoms with E-state index in [1.54, 1.807) is 48.9 Å². The van der Waals surface area contributed by atoms with Gasteiger partial charge in [0.05, 0.1) is 0 Å². The fourth-order valence-electron chi connectivity index (χ4n) is 11.4. The van der Waals surface area contributed by atoms with Crippen molar-refractivity contribution >= 4 is 23.6 Å². The van der Waals surface area contributed by atoms with Gasteiger partial charge in [0.25, 0.3) is 0 Å². The molecule has 0 N–H and O–H groups in total. The molecule has 5 rings (SSSR count). The molecule has 0 heterocycles. The van der Waals surface area contributed by atoms with Crippen LogP contribution < -0.4 is 52.8 Å². The predicted octanol–water partition coefficient (Wildman–Crippen LogP) is 8.89. The van der Waals surface area contributed by atoms with Crippen LogP contribution in [0.1, 0.15) is 235 Å². The molecular weight excluding hydrogens is 975 g/mol. The van der Waals surface area contributed by atoms with Crippen LogP contribution in [0.4, 0.5) is 0 Å². The van der Waals surface area contributed by atoms with Gasteiger partial charge in [-0.25, -0.2) is 0 Å². The Morgan fingerprint density at radius 2 is 0.634 bits per heavy atom. The average Bonchev–Trinajstić information content (AvgIpc) is 3.73. The normalized spacial score (nSPS) is 14.2. The first-order valence-corrected chi connectivity index (χ1v) is 31.7. The third-order valence-electron chi connectivity index (χ3n) is 15.2. The second-order valence-corrected chi connectivity index (χ2v) is 27.4. The van der Waals surface area contributed by atoms with Gasteiger partial charge in [-0.1, -0.05) is 0 Å². The summed E-state index contributed by atoms with van der Waals surface area (Å²) in [5.74, 6) is 0. The van der Waals surface area contributed by atoms with E-state index >= 15 is 0 Å². The van der Waals surface area contributed by atoms with Crippen LogP contribution in [0.5, 0.6) is 0 Å². The number of hydrogen-bond acceptors (Lipinski definition) is 0. The number of rotatable bonds is 36. The minimum Gasteiger partial charge on any atom is -1.00 e. The van der Waals surface area contributed by atoms with Crippen LogP contribution in [0.25, 0.3) is 0 Å².